The zero-order valence-corrected chi connectivity index (χ0v) is 20.3. The van der Waals surface area contributed by atoms with Crippen LogP contribution < -0.4 is 5.32 Å². The van der Waals surface area contributed by atoms with E-state index in [1.807, 2.05) is 12.5 Å². The van der Waals surface area contributed by atoms with Gasteiger partial charge in [-0.3, -0.25) is 4.79 Å². The monoisotopic (exact) mass is 430 g/mol. The van der Waals surface area contributed by atoms with E-state index in [1.54, 1.807) is 11.8 Å². The van der Waals surface area contributed by atoms with Crippen LogP contribution in [0.5, 0.6) is 0 Å². The first-order valence-corrected chi connectivity index (χ1v) is 13.7. The molecule has 4 fully saturated rings. The molecule has 4 saturated carbocycles. The van der Waals surface area contributed by atoms with Gasteiger partial charge in [-0.1, -0.05) is 40.0 Å². The summed E-state index contributed by atoms with van der Waals surface area (Å²) >= 11 is 1.54. The maximum Gasteiger partial charge on any atom is 0.155 e. The minimum Gasteiger partial charge on any atom is -0.383 e. The van der Waals surface area contributed by atoms with E-state index in [0.717, 1.165) is 40.4 Å². The molecule has 0 aromatic carbocycles. The van der Waals surface area contributed by atoms with Gasteiger partial charge in [0.2, 0.25) is 0 Å². The van der Waals surface area contributed by atoms with Crippen molar-refractivity contribution in [1.29, 1.82) is 5.41 Å². The van der Waals surface area contributed by atoms with E-state index in [1.165, 1.54) is 57.6 Å². The van der Waals surface area contributed by atoms with Gasteiger partial charge in [0.15, 0.2) is 5.78 Å². The normalized spacial score (nSPS) is 44.6. The second-order valence-electron chi connectivity index (χ2n) is 10.9. The Morgan fingerprint density at radius 1 is 1.17 bits per heavy atom. The molecule has 0 heterocycles. The molecule has 4 heteroatoms. The van der Waals surface area contributed by atoms with Crippen LogP contribution in [0.4, 0.5) is 0 Å². The van der Waals surface area contributed by atoms with Gasteiger partial charge in [-0.05, 0) is 85.2 Å². The molecule has 4 rings (SSSR count). The summed E-state index contributed by atoms with van der Waals surface area (Å²) in [5, 5.41) is 10.7. The predicted octanol–water partition coefficient (Wildman–Crippen LogP) is 6.15. The average molecular weight is 431 g/mol. The Morgan fingerprint density at radius 2 is 1.97 bits per heavy atom. The molecule has 0 spiro atoms. The standard InChI is InChI=1S/C26H42N2OS/c1-5-7-18-16(6-2)8-9-20-19(18)10-11-26(3)24(20)21-12-22(21)25(26)23(29)15-28-14-17(13-27)30-4/h13-14,16,18-22,24-25,27-28H,5-12,15H2,1-4H3/b17-14+,27-13?. The van der Waals surface area contributed by atoms with Gasteiger partial charge in [-0.15, -0.1) is 11.8 Å². The van der Waals surface area contributed by atoms with E-state index < -0.39 is 0 Å². The molecule has 0 aromatic rings. The van der Waals surface area contributed by atoms with E-state index in [2.05, 4.69) is 26.1 Å². The Balaban J connectivity index is 1.49. The lowest BCUT2D eigenvalue weighted by Gasteiger charge is -2.56. The van der Waals surface area contributed by atoms with Crippen molar-refractivity contribution in [2.75, 3.05) is 12.8 Å². The highest BCUT2D eigenvalue weighted by Gasteiger charge is 2.70. The number of nitrogens with one attached hydrogen (secondary N) is 2. The van der Waals surface area contributed by atoms with Crippen LogP contribution in [-0.2, 0) is 4.79 Å². The number of fused-ring (bicyclic) bond motifs is 5. The first kappa shape index (κ1) is 22.4. The van der Waals surface area contributed by atoms with Gasteiger partial charge < -0.3 is 10.7 Å². The summed E-state index contributed by atoms with van der Waals surface area (Å²) in [7, 11) is 0. The van der Waals surface area contributed by atoms with Gasteiger partial charge in [-0.2, -0.15) is 0 Å². The molecule has 4 aliphatic carbocycles. The minimum atomic E-state index is 0.233. The molecule has 0 aliphatic heterocycles. The molecule has 9 unspecified atom stereocenters. The quantitative estimate of drug-likeness (QED) is 0.431. The molecule has 168 valence electrons. The van der Waals surface area contributed by atoms with Crippen LogP contribution in [0.1, 0.15) is 72.1 Å². The Labute approximate surface area is 188 Å². The lowest BCUT2D eigenvalue weighted by molar-refractivity contribution is -0.131. The first-order valence-electron chi connectivity index (χ1n) is 12.5. The number of carbonyl (C=O) groups excluding carboxylic acids is 1. The number of allylic oxidation sites excluding steroid dienone is 1. The second kappa shape index (κ2) is 9.00. The molecule has 9 atom stereocenters. The lowest BCUT2D eigenvalue weighted by atomic mass is 9.49. The van der Waals surface area contributed by atoms with Gasteiger partial charge in [0.05, 0.1) is 6.54 Å². The molecule has 0 radical (unpaired) electrons. The molecule has 0 amide bonds. The van der Waals surface area contributed by atoms with E-state index in [0.29, 0.717) is 18.2 Å². The third-order valence-corrected chi connectivity index (χ3v) is 10.4. The third kappa shape index (κ3) is 3.69. The number of Topliss-reactive ketones (excluding diaryl/α,β-unsaturated/α-hetero) is 1. The highest BCUT2D eigenvalue weighted by molar-refractivity contribution is 8.03. The van der Waals surface area contributed by atoms with Crippen molar-refractivity contribution in [3.05, 3.63) is 11.1 Å². The average Bonchev–Trinajstić information content (AvgIpc) is 3.45. The molecule has 0 bridgehead atoms. The Kier molecular flexibility index (Phi) is 6.73. The molecule has 2 N–H and O–H groups in total. The number of rotatable bonds is 9. The zero-order chi connectivity index (χ0) is 21.5. The molecular formula is C26H42N2OS. The maximum atomic E-state index is 13.4. The van der Waals surface area contributed by atoms with Crippen LogP contribution in [0.25, 0.3) is 0 Å². The van der Waals surface area contributed by atoms with Crippen molar-refractivity contribution in [2.45, 2.75) is 72.1 Å². The highest BCUT2D eigenvalue weighted by atomic mass is 32.2. The number of hydrogen-bond acceptors (Lipinski definition) is 4. The Hall–Kier alpha value is -0.770. The molecule has 0 saturated heterocycles. The minimum absolute atomic E-state index is 0.233. The summed E-state index contributed by atoms with van der Waals surface area (Å²) in [4.78, 5) is 14.2. The van der Waals surface area contributed by atoms with Crippen LogP contribution in [0.3, 0.4) is 0 Å². The number of hydrogen-bond donors (Lipinski definition) is 2. The fourth-order valence-electron chi connectivity index (χ4n) is 8.62. The molecule has 30 heavy (non-hydrogen) atoms. The fraction of sp³-hybridized carbons (Fsp3) is 0.846. The Morgan fingerprint density at radius 3 is 2.63 bits per heavy atom. The summed E-state index contributed by atoms with van der Waals surface area (Å²) in [5.74, 6) is 6.67. The van der Waals surface area contributed by atoms with Crippen LogP contribution >= 0.6 is 11.8 Å². The van der Waals surface area contributed by atoms with E-state index in [-0.39, 0.29) is 11.3 Å². The van der Waals surface area contributed by atoms with Crippen LogP contribution in [-0.4, -0.2) is 24.8 Å². The van der Waals surface area contributed by atoms with E-state index in [9.17, 15) is 4.79 Å². The topological polar surface area (TPSA) is 53.0 Å². The largest absolute Gasteiger partial charge is 0.383 e. The van der Waals surface area contributed by atoms with Crippen molar-refractivity contribution in [1.82, 2.24) is 5.32 Å². The van der Waals surface area contributed by atoms with Gasteiger partial charge >= 0.3 is 0 Å². The second-order valence-corrected chi connectivity index (χ2v) is 11.8. The van der Waals surface area contributed by atoms with Crippen molar-refractivity contribution < 1.29 is 4.79 Å². The van der Waals surface area contributed by atoms with Crippen LogP contribution in [0.15, 0.2) is 11.1 Å². The highest BCUT2D eigenvalue weighted by Crippen LogP contribution is 2.74. The first-order chi connectivity index (χ1) is 14.5. The van der Waals surface area contributed by atoms with Gasteiger partial charge in [0.1, 0.15) is 0 Å². The van der Waals surface area contributed by atoms with Gasteiger partial charge in [0.25, 0.3) is 0 Å². The van der Waals surface area contributed by atoms with Gasteiger partial charge in [-0.25, -0.2) is 0 Å². The van der Waals surface area contributed by atoms with Gasteiger partial charge in [0, 0.05) is 23.2 Å². The summed E-state index contributed by atoms with van der Waals surface area (Å²) in [6, 6.07) is 0. The lowest BCUT2D eigenvalue weighted by Crippen LogP contribution is -2.50. The van der Waals surface area contributed by atoms with Crippen molar-refractivity contribution in [3.8, 4) is 0 Å². The smallest absolute Gasteiger partial charge is 0.155 e. The predicted molar refractivity (Wildman–Crippen MR) is 128 cm³/mol. The SMILES string of the molecule is CCCC1C(CC)CCC2C1CCC1(C)C(C(=O)CN/C=C(\C=N)SC)C3CC3C21. The summed E-state index contributed by atoms with van der Waals surface area (Å²) in [6.45, 7) is 7.69. The molecule has 0 aromatic heterocycles. The van der Waals surface area contributed by atoms with E-state index >= 15 is 0 Å². The Bertz CT molecular complexity index is 691. The van der Waals surface area contributed by atoms with Crippen LogP contribution in [0.2, 0.25) is 0 Å². The van der Waals surface area contributed by atoms with Crippen LogP contribution in [0, 0.1) is 58.2 Å². The van der Waals surface area contributed by atoms with Crippen molar-refractivity contribution in [3.63, 3.8) is 0 Å². The number of ketones is 1. The number of carbonyl (C=O) groups is 1. The van der Waals surface area contributed by atoms with Crippen molar-refractivity contribution in [2.24, 2.45) is 52.8 Å². The third-order valence-electron chi connectivity index (χ3n) is 9.70. The van der Waals surface area contributed by atoms with Crippen molar-refractivity contribution >= 4 is 23.8 Å². The summed E-state index contributed by atoms with van der Waals surface area (Å²) < 4.78 is 0. The molecular weight excluding hydrogens is 388 g/mol. The molecule has 3 nitrogen and oxygen atoms in total. The fourth-order valence-corrected chi connectivity index (χ4v) is 8.94. The summed E-state index contributed by atoms with van der Waals surface area (Å²) in [5.41, 5.74) is 0.233. The number of thioether (sulfide) groups is 1. The zero-order valence-electron chi connectivity index (χ0n) is 19.5. The maximum absolute atomic E-state index is 13.4. The van der Waals surface area contributed by atoms with E-state index in [4.69, 9.17) is 5.41 Å². The summed E-state index contributed by atoms with van der Waals surface area (Å²) in [6.07, 6.45) is 16.1. The molecule has 4 aliphatic rings.